The molecule has 0 spiro atoms. The van der Waals surface area contributed by atoms with E-state index in [-0.39, 0.29) is 18.8 Å². The highest BCUT2D eigenvalue weighted by Gasteiger charge is 2.52. The van der Waals surface area contributed by atoms with Gasteiger partial charge in [0.2, 0.25) is 0 Å². The maximum atomic E-state index is 14.1. The first kappa shape index (κ1) is 15.2. The minimum Gasteiger partial charge on any atom is -0.497 e. The van der Waals surface area contributed by atoms with Crippen molar-refractivity contribution in [2.24, 2.45) is 0 Å². The van der Waals surface area contributed by atoms with Crippen LogP contribution in [-0.4, -0.2) is 19.6 Å². The minimum atomic E-state index is -2.74. The molecule has 1 heterocycles. The molecule has 18 heavy (non-hydrogen) atoms. The molecule has 0 radical (unpaired) electrons. The largest absolute Gasteiger partial charge is 0.497 e. The Hall–Kier alpha value is -0.870. The van der Waals surface area contributed by atoms with Crippen molar-refractivity contribution in [1.82, 2.24) is 5.32 Å². The van der Waals surface area contributed by atoms with Gasteiger partial charge in [-0.25, -0.2) is 8.78 Å². The summed E-state index contributed by atoms with van der Waals surface area (Å²) in [5, 5.41) is 2.95. The van der Waals surface area contributed by atoms with E-state index in [4.69, 9.17) is 4.74 Å². The van der Waals surface area contributed by atoms with Crippen LogP contribution in [0.3, 0.4) is 0 Å². The number of halogens is 3. The van der Waals surface area contributed by atoms with Crippen molar-refractivity contribution >= 4 is 12.4 Å². The Balaban J connectivity index is 0.00000162. The van der Waals surface area contributed by atoms with Gasteiger partial charge in [0.05, 0.1) is 7.11 Å². The van der Waals surface area contributed by atoms with Crippen molar-refractivity contribution in [2.45, 2.75) is 31.2 Å². The molecule has 2 nitrogen and oxygen atoms in total. The summed E-state index contributed by atoms with van der Waals surface area (Å²) in [5.41, 5.74) is -0.735. The number of methoxy groups -OCH3 is 1. The molecule has 1 unspecified atom stereocenters. The molecule has 0 saturated carbocycles. The van der Waals surface area contributed by atoms with Crippen molar-refractivity contribution in [3.8, 4) is 5.75 Å². The molecule has 1 saturated heterocycles. The van der Waals surface area contributed by atoms with E-state index in [1.807, 2.05) is 0 Å². The molecule has 0 aromatic heterocycles. The van der Waals surface area contributed by atoms with Crippen LogP contribution in [0.15, 0.2) is 24.3 Å². The van der Waals surface area contributed by atoms with Crippen molar-refractivity contribution < 1.29 is 13.5 Å². The van der Waals surface area contributed by atoms with E-state index in [9.17, 15) is 8.78 Å². The summed E-state index contributed by atoms with van der Waals surface area (Å²) in [6.45, 7) is 2.17. The van der Waals surface area contributed by atoms with Crippen LogP contribution in [-0.2, 0) is 5.54 Å². The summed E-state index contributed by atoms with van der Waals surface area (Å²) >= 11 is 0. The Kier molecular flexibility index (Phi) is 4.56. The zero-order valence-electron chi connectivity index (χ0n) is 10.5. The molecule has 1 aliphatic heterocycles. The van der Waals surface area contributed by atoms with Crippen molar-refractivity contribution in [2.75, 3.05) is 13.7 Å². The molecule has 5 heteroatoms. The van der Waals surface area contributed by atoms with Crippen LogP contribution in [0, 0.1) is 0 Å². The van der Waals surface area contributed by atoms with Gasteiger partial charge in [-0.3, -0.25) is 0 Å². The average molecular weight is 278 g/mol. The van der Waals surface area contributed by atoms with Crippen molar-refractivity contribution in [3.05, 3.63) is 29.8 Å². The lowest BCUT2D eigenvalue weighted by molar-refractivity contribution is -0.110. The van der Waals surface area contributed by atoms with Gasteiger partial charge in [0, 0.05) is 6.42 Å². The number of nitrogens with one attached hydrogen (secondary N) is 1. The molecule has 0 bridgehead atoms. The molecule has 2 rings (SSSR count). The van der Waals surface area contributed by atoms with Crippen molar-refractivity contribution in [1.29, 1.82) is 0 Å². The standard InChI is InChI=1S/C13H17F2NO.ClH/c1-12(13(14,15)7-4-8-16-12)10-5-3-6-11(9-10)17-2;/h3,5-6,9,16H,4,7-8H2,1-2H3;1H. The van der Waals surface area contributed by atoms with Gasteiger partial charge < -0.3 is 10.1 Å². The maximum Gasteiger partial charge on any atom is 0.269 e. The third-order valence-electron chi connectivity index (χ3n) is 3.52. The van der Waals surface area contributed by atoms with E-state index in [1.54, 1.807) is 31.2 Å². The molecular weight excluding hydrogens is 260 g/mol. The van der Waals surface area contributed by atoms with Crippen LogP contribution < -0.4 is 10.1 Å². The number of alkyl halides is 2. The highest BCUT2D eigenvalue weighted by Crippen LogP contribution is 2.43. The van der Waals surface area contributed by atoms with Crippen LogP contribution in [0.4, 0.5) is 8.78 Å². The lowest BCUT2D eigenvalue weighted by Gasteiger charge is -2.42. The van der Waals surface area contributed by atoms with Crippen molar-refractivity contribution in [3.63, 3.8) is 0 Å². The van der Waals surface area contributed by atoms with Gasteiger partial charge in [-0.2, -0.15) is 0 Å². The topological polar surface area (TPSA) is 21.3 Å². The number of hydrogen-bond donors (Lipinski definition) is 1. The first-order valence-electron chi connectivity index (χ1n) is 5.77. The third kappa shape index (κ3) is 2.45. The highest BCUT2D eigenvalue weighted by molar-refractivity contribution is 5.85. The summed E-state index contributed by atoms with van der Waals surface area (Å²) in [6, 6.07) is 6.89. The summed E-state index contributed by atoms with van der Waals surface area (Å²) in [4.78, 5) is 0. The monoisotopic (exact) mass is 277 g/mol. The quantitative estimate of drug-likeness (QED) is 0.895. The first-order valence-corrected chi connectivity index (χ1v) is 5.77. The number of benzene rings is 1. The Bertz CT molecular complexity index is 414. The second kappa shape index (κ2) is 5.41. The molecule has 0 aliphatic carbocycles. The predicted molar refractivity (Wildman–Crippen MR) is 69.8 cm³/mol. The third-order valence-corrected chi connectivity index (χ3v) is 3.52. The fourth-order valence-electron chi connectivity index (χ4n) is 2.28. The minimum absolute atomic E-state index is 0. The van der Waals surface area contributed by atoms with Gasteiger partial charge >= 0.3 is 0 Å². The molecule has 1 aromatic carbocycles. The van der Waals surface area contributed by atoms with Gasteiger partial charge in [-0.05, 0) is 37.6 Å². The summed E-state index contributed by atoms with van der Waals surface area (Å²) < 4.78 is 33.2. The number of ether oxygens (including phenoxy) is 1. The number of piperidine rings is 1. The summed E-state index contributed by atoms with van der Waals surface area (Å²) in [5.74, 6) is -2.13. The predicted octanol–water partition coefficient (Wildman–Crippen LogP) is 3.35. The molecule has 1 N–H and O–H groups in total. The lowest BCUT2D eigenvalue weighted by Crippen LogP contribution is -2.57. The Morgan fingerprint density at radius 1 is 1.33 bits per heavy atom. The Morgan fingerprint density at radius 2 is 2.06 bits per heavy atom. The normalized spacial score (nSPS) is 26.2. The molecule has 1 atom stereocenters. The SMILES string of the molecule is COc1cccc(C2(C)NCCCC2(F)F)c1.Cl. The smallest absolute Gasteiger partial charge is 0.269 e. The van der Waals surface area contributed by atoms with Gasteiger partial charge in [-0.15, -0.1) is 12.4 Å². The van der Waals surface area contributed by atoms with Crippen LogP contribution in [0.5, 0.6) is 5.75 Å². The van der Waals surface area contributed by atoms with E-state index in [0.29, 0.717) is 24.3 Å². The second-order valence-corrected chi connectivity index (χ2v) is 4.59. The lowest BCUT2D eigenvalue weighted by atomic mass is 9.80. The van der Waals surface area contributed by atoms with Gasteiger partial charge in [0.1, 0.15) is 11.3 Å². The highest BCUT2D eigenvalue weighted by atomic mass is 35.5. The number of hydrogen-bond acceptors (Lipinski definition) is 2. The zero-order valence-corrected chi connectivity index (χ0v) is 11.3. The van der Waals surface area contributed by atoms with E-state index < -0.39 is 11.5 Å². The zero-order chi connectivity index (χ0) is 12.5. The van der Waals surface area contributed by atoms with Crippen LogP contribution in [0.1, 0.15) is 25.3 Å². The van der Waals surface area contributed by atoms with Crippen LogP contribution >= 0.6 is 12.4 Å². The molecular formula is C13H18ClF2NO. The second-order valence-electron chi connectivity index (χ2n) is 4.59. The van der Waals surface area contributed by atoms with E-state index >= 15 is 0 Å². The first-order chi connectivity index (χ1) is 7.99. The summed E-state index contributed by atoms with van der Waals surface area (Å²) in [6.07, 6.45) is 0.431. The van der Waals surface area contributed by atoms with Gasteiger partial charge in [-0.1, -0.05) is 12.1 Å². The Labute approximate surface area is 112 Å². The van der Waals surface area contributed by atoms with Crippen LogP contribution in [0.2, 0.25) is 0 Å². The fraction of sp³-hybridized carbons (Fsp3) is 0.538. The van der Waals surface area contributed by atoms with E-state index in [1.165, 1.54) is 7.11 Å². The molecule has 102 valence electrons. The average Bonchev–Trinajstić information content (AvgIpc) is 2.33. The van der Waals surface area contributed by atoms with Gasteiger partial charge in [0.25, 0.3) is 5.92 Å². The Morgan fingerprint density at radius 3 is 2.67 bits per heavy atom. The fourth-order valence-corrected chi connectivity index (χ4v) is 2.28. The van der Waals surface area contributed by atoms with E-state index in [2.05, 4.69) is 5.32 Å². The molecule has 1 aromatic rings. The summed E-state index contributed by atoms with van der Waals surface area (Å²) in [7, 11) is 1.54. The number of rotatable bonds is 2. The maximum absolute atomic E-state index is 14.1. The molecule has 1 aliphatic rings. The molecule has 1 fully saturated rings. The van der Waals surface area contributed by atoms with Gasteiger partial charge in [0.15, 0.2) is 0 Å². The van der Waals surface area contributed by atoms with Crippen LogP contribution in [0.25, 0.3) is 0 Å². The molecule has 0 amide bonds. The van der Waals surface area contributed by atoms with E-state index in [0.717, 1.165) is 0 Å².